The first-order valence-corrected chi connectivity index (χ1v) is 7.55. The number of carbonyl (C=O) groups excluding carboxylic acids is 2. The standard InChI is InChI=1S/C16H12FN3O2S/c17-13-3-1-2-4-14(13)23-10-15(21)19-20-16(22)12-7-5-11(9-18)6-8-12/h1-8H,10H2,(H,19,21)(H,20,22). The van der Waals surface area contributed by atoms with E-state index in [1.807, 2.05) is 6.07 Å². The molecule has 0 saturated carbocycles. The zero-order valence-electron chi connectivity index (χ0n) is 11.9. The predicted octanol–water partition coefficient (Wildman–Crippen LogP) is 2.25. The van der Waals surface area contributed by atoms with Crippen molar-refractivity contribution < 1.29 is 14.0 Å². The summed E-state index contributed by atoms with van der Waals surface area (Å²) in [4.78, 5) is 23.8. The lowest BCUT2D eigenvalue weighted by molar-refractivity contribution is -0.119. The first kappa shape index (κ1) is 16.5. The van der Waals surface area contributed by atoms with E-state index in [1.54, 1.807) is 18.2 Å². The van der Waals surface area contributed by atoms with E-state index in [2.05, 4.69) is 10.9 Å². The molecule has 116 valence electrons. The summed E-state index contributed by atoms with van der Waals surface area (Å²) in [7, 11) is 0. The van der Waals surface area contributed by atoms with Gasteiger partial charge in [-0.25, -0.2) is 4.39 Å². The Morgan fingerprint density at radius 2 is 1.78 bits per heavy atom. The Bertz CT molecular complexity index is 757. The van der Waals surface area contributed by atoms with Crippen LogP contribution >= 0.6 is 11.8 Å². The van der Waals surface area contributed by atoms with Crippen molar-refractivity contribution in [3.63, 3.8) is 0 Å². The number of nitrogens with one attached hydrogen (secondary N) is 2. The summed E-state index contributed by atoms with van der Waals surface area (Å²) < 4.78 is 13.4. The Kier molecular flexibility index (Phi) is 5.72. The molecule has 0 saturated heterocycles. The Hall–Kier alpha value is -2.85. The van der Waals surface area contributed by atoms with E-state index in [0.29, 0.717) is 16.0 Å². The quantitative estimate of drug-likeness (QED) is 0.666. The highest BCUT2D eigenvalue weighted by molar-refractivity contribution is 8.00. The maximum atomic E-state index is 13.4. The van der Waals surface area contributed by atoms with E-state index >= 15 is 0 Å². The van der Waals surface area contributed by atoms with E-state index in [-0.39, 0.29) is 5.75 Å². The zero-order chi connectivity index (χ0) is 16.7. The minimum absolute atomic E-state index is 0.0332. The fourth-order valence-corrected chi connectivity index (χ4v) is 2.38. The smallest absolute Gasteiger partial charge is 0.269 e. The van der Waals surface area contributed by atoms with Gasteiger partial charge < -0.3 is 0 Å². The molecule has 0 fully saturated rings. The Labute approximate surface area is 136 Å². The van der Waals surface area contributed by atoms with Crippen LogP contribution in [0.25, 0.3) is 0 Å². The summed E-state index contributed by atoms with van der Waals surface area (Å²) in [6, 6.07) is 14.0. The molecule has 0 aliphatic heterocycles. The van der Waals surface area contributed by atoms with Gasteiger partial charge in [0, 0.05) is 10.5 Å². The van der Waals surface area contributed by atoms with Gasteiger partial charge in [0.1, 0.15) is 5.82 Å². The van der Waals surface area contributed by atoms with Crippen molar-refractivity contribution >= 4 is 23.6 Å². The molecule has 0 radical (unpaired) electrons. The number of hydrazine groups is 1. The second-order valence-electron chi connectivity index (χ2n) is 4.41. The van der Waals surface area contributed by atoms with Gasteiger partial charge in [-0.05, 0) is 36.4 Å². The summed E-state index contributed by atoms with van der Waals surface area (Å²) in [5, 5.41) is 8.68. The van der Waals surface area contributed by atoms with Gasteiger partial charge in [-0.3, -0.25) is 20.4 Å². The average Bonchev–Trinajstić information content (AvgIpc) is 2.59. The van der Waals surface area contributed by atoms with Crippen molar-refractivity contribution in [3.05, 3.63) is 65.5 Å². The van der Waals surface area contributed by atoms with Crippen LogP contribution in [-0.4, -0.2) is 17.6 Å². The summed E-state index contributed by atoms with van der Waals surface area (Å²) >= 11 is 1.03. The number of thioether (sulfide) groups is 1. The number of amides is 2. The Balaban J connectivity index is 1.80. The fourth-order valence-electron chi connectivity index (χ4n) is 1.64. The van der Waals surface area contributed by atoms with Crippen molar-refractivity contribution in [2.75, 3.05) is 5.75 Å². The fraction of sp³-hybridized carbons (Fsp3) is 0.0625. The molecule has 2 N–H and O–H groups in total. The monoisotopic (exact) mass is 329 g/mol. The van der Waals surface area contributed by atoms with Crippen LogP contribution in [-0.2, 0) is 4.79 Å². The molecule has 7 heteroatoms. The summed E-state index contributed by atoms with van der Waals surface area (Å²) in [6.45, 7) is 0. The van der Waals surface area contributed by atoms with Gasteiger partial charge in [-0.1, -0.05) is 12.1 Å². The van der Waals surface area contributed by atoms with Crippen LogP contribution in [0.2, 0.25) is 0 Å². The first-order chi connectivity index (χ1) is 11.1. The number of rotatable bonds is 4. The minimum Gasteiger partial charge on any atom is -0.272 e. The highest BCUT2D eigenvalue weighted by Crippen LogP contribution is 2.20. The molecule has 2 aromatic carbocycles. The molecule has 0 unspecified atom stereocenters. The molecule has 2 rings (SSSR count). The van der Waals surface area contributed by atoms with Gasteiger partial charge in [0.2, 0.25) is 5.91 Å². The van der Waals surface area contributed by atoms with Crippen LogP contribution < -0.4 is 10.9 Å². The van der Waals surface area contributed by atoms with Gasteiger partial charge in [0.05, 0.1) is 17.4 Å². The van der Waals surface area contributed by atoms with Gasteiger partial charge in [-0.2, -0.15) is 5.26 Å². The molecule has 23 heavy (non-hydrogen) atoms. The average molecular weight is 329 g/mol. The molecular weight excluding hydrogens is 317 g/mol. The second kappa shape index (κ2) is 7.96. The molecule has 0 aliphatic carbocycles. The Morgan fingerprint density at radius 3 is 2.43 bits per heavy atom. The van der Waals surface area contributed by atoms with E-state index in [4.69, 9.17) is 5.26 Å². The number of halogens is 1. The van der Waals surface area contributed by atoms with Crippen molar-refractivity contribution in [2.45, 2.75) is 4.90 Å². The lowest BCUT2D eigenvalue weighted by atomic mass is 10.1. The number of hydrogen-bond donors (Lipinski definition) is 2. The molecule has 0 bridgehead atoms. The molecule has 0 spiro atoms. The number of carbonyl (C=O) groups is 2. The van der Waals surface area contributed by atoms with Crippen molar-refractivity contribution in [2.24, 2.45) is 0 Å². The molecule has 0 aromatic heterocycles. The van der Waals surface area contributed by atoms with Crippen LogP contribution in [0.3, 0.4) is 0 Å². The topological polar surface area (TPSA) is 82.0 Å². The molecule has 0 heterocycles. The van der Waals surface area contributed by atoms with Crippen LogP contribution in [0.5, 0.6) is 0 Å². The van der Waals surface area contributed by atoms with Crippen LogP contribution in [0.15, 0.2) is 53.4 Å². The van der Waals surface area contributed by atoms with Crippen molar-refractivity contribution in [1.82, 2.24) is 10.9 Å². The van der Waals surface area contributed by atoms with E-state index < -0.39 is 17.6 Å². The summed E-state index contributed by atoms with van der Waals surface area (Å²) in [5.74, 6) is -1.39. The van der Waals surface area contributed by atoms with Crippen molar-refractivity contribution in [1.29, 1.82) is 5.26 Å². The summed E-state index contributed by atoms with van der Waals surface area (Å²) in [5.41, 5.74) is 5.26. The second-order valence-corrected chi connectivity index (χ2v) is 5.43. The highest BCUT2D eigenvalue weighted by Gasteiger charge is 2.09. The number of hydrogen-bond acceptors (Lipinski definition) is 4. The molecule has 2 amide bonds. The Morgan fingerprint density at radius 1 is 1.09 bits per heavy atom. The lowest BCUT2D eigenvalue weighted by Crippen LogP contribution is -2.42. The molecule has 0 atom stereocenters. The predicted molar refractivity (Wildman–Crippen MR) is 83.9 cm³/mol. The van der Waals surface area contributed by atoms with Crippen LogP contribution in [0, 0.1) is 17.1 Å². The third-order valence-corrected chi connectivity index (χ3v) is 3.84. The van der Waals surface area contributed by atoms with E-state index in [0.717, 1.165) is 11.8 Å². The van der Waals surface area contributed by atoms with E-state index in [9.17, 15) is 14.0 Å². The van der Waals surface area contributed by atoms with Crippen molar-refractivity contribution in [3.8, 4) is 6.07 Å². The van der Waals surface area contributed by atoms with Crippen LogP contribution in [0.1, 0.15) is 15.9 Å². The zero-order valence-corrected chi connectivity index (χ0v) is 12.7. The largest absolute Gasteiger partial charge is 0.272 e. The SMILES string of the molecule is N#Cc1ccc(C(=O)NNC(=O)CSc2ccccc2F)cc1. The van der Waals surface area contributed by atoms with E-state index in [1.165, 1.54) is 30.3 Å². The third-order valence-electron chi connectivity index (χ3n) is 2.79. The number of nitriles is 1. The molecule has 0 aliphatic rings. The molecule has 2 aromatic rings. The third kappa shape index (κ3) is 4.83. The minimum atomic E-state index is -0.501. The first-order valence-electron chi connectivity index (χ1n) is 6.57. The number of nitrogens with zero attached hydrogens (tertiary/aromatic N) is 1. The maximum Gasteiger partial charge on any atom is 0.269 e. The van der Waals surface area contributed by atoms with Gasteiger partial charge in [0.25, 0.3) is 5.91 Å². The van der Waals surface area contributed by atoms with Crippen LogP contribution in [0.4, 0.5) is 4.39 Å². The molecular formula is C16H12FN3O2S. The summed E-state index contributed by atoms with van der Waals surface area (Å²) in [6.07, 6.45) is 0. The maximum absolute atomic E-state index is 13.4. The van der Waals surface area contributed by atoms with Gasteiger partial charge in [-0.15, -0.1) is 11.8 Å². The number of benzene rings is 2. The highest BCUT2D eigenvalue weighted by atomic mass is 32.2. The van der Waals surface area contributed by atoms with Gasteiger partial charge >= 0.3 is 0 Å². The normalized spacial score (nSPS) is 9.74. The van der Waals surface area contributed by atoms with Gasteiger partial charge in [0.15, 0.2) is 0 Å². The lowest BCUT2D eigenvalue weighted by Gasteiger charge is -2.07. The molecule has 5 nitrogen and oxygen atoms in total.